The fourth-order valence-electron chi connectivity index (χ4n) is 2.20. The Labute approximate surface area is 84.3 Å². The van der Waals surface area contributed by atoms with E-state index < -0.39 is 0 Å². The second-order valence-corrected chi connectivity index (χ2v) is 5.17. The molecule has 0 saturated heterocycles. The van der Waals surface area contributed by atoms with E-state index in [9.17, 15) is 0 Å². The normalized spacial score (nSPS) is 17.1. The number of nitrogens with one attached hydrogen (secondary N) is 1. The molecule has 1 N–H and O–H groups in total. The lowest BCUT2D eigenvalue weighted by molar-refractivity contribution is 0.197. The zero-order valence-electron chi connectivity index (χ0n) is 10.3. The van der Waals surface area contributed by atoms with Gasteiger partial charge in [-0.25, -0.2) is 0 Å². The van der Waals surface area contributed by atoms with Crippen LogP contribution in [0.1, 0.15) is 54.4 Å². The van der Waals surface area contributed by atoms with Gasteiger partial charge in [0.25, 0.3) is 0 Å². The molecule has 0 heterocycles. The molecule has 0 bridgehead atoms. The van der Waals surface area contributed by atoms with Crippen LogP contribution in [0.5, 0.6) is 0 Å². The number of hydrogen-bond donors (Lipinski definition) is 1. The summed E-state index contributed by atoms with van der Waals surface area (Å²) in [6, 6.07) is 0.650. The largest absolute Gasteiger partial charge is 0.313 e. The minimum Gasteiger partial charge on any atom is -0.313 e. The van der Waals surface area contributed by atoms with Crippen molar-refractivity contribution in [2.45, 2.75) is 60.4 Å². The SMILES string of the molecule is CCCC(C)C(NCC)C(C)(C)C. The molecule has 13 heavy (non-hydrogen) atoms. The molecule has 2 unspecified atom stereocenters. The Morgan fingerprint density at radius 1 is 1.15 bits per heavy atom. The van der Waals surface area contributed by atoms with E-state index in [1.807, 2.05) is 0 Å². The first-order chi connectivity index (χ1) is 5.93. The van der Waals surface area contributed by atoms with Gasteiger partial charge >= 0.3 is 0 Å². The zero-order valence-corrected chi connectivity index (χ0v) is 10.3. The molecule has 80 valence electrons. The van der Waals surface area contributed by atoms with Gasteiger partial charge in [0.05, 0.1) is 0 Å². The van der Waals surface area contributed by atoms with E-state index in [1.54, 1.807) is 0 Å². The van der Waals surface area contributed by atoms with Crippen LogP contribution in [0.2, 0.25) is 0 Å². The van der Waals surface area contributed by atoms with Gasteiger partial charge in [-0.15, -0.1) is 0 Å². The lowest BCUT2D eigenvalue weighted by Gasteiger charge is -2.36. The Hall–Kier alpha value is -0.0400. The third-order valence-electron chi connectivity index (χ3n) is 2.67. The van der Waals surface area contributed by atoms with Crippen molar-refractivity contribution in [3.8, 4) is 0 Å². The maximum absolute atomic E-state index is 3.61. The van der Waals surface area contributed by atoms with Crippen molar-refractivity contribution in [2.75, 3.05) is 6.54 Å². The predicted molar refractivity (Wildman–Crippen MR) is 61.0 cm³/mol. The van der Waals surface area contributed by atoms with Gasteiger partial charge in [-0.2, -0.15) is 0 Å². The van der Waals surface area contributed by atoms with Crippen LogP contribution >= 0.6 is 0 Å². The van der Waals surface area contributed by atoms with Crippen molar-refractivity contribution in [3.63, 3.8) is 0 Å². The maximum atomic E-state index is 3.61. The third-order valence-corrected chi connectivity index (χ3v) is 2.67. The summed E-state index contributed by atoms with van der Waals surface area (Å²) < 4.78 is 0. The number of rotatable bonds is 5. The maximum Gasteiger partial charge on any atom is 0.0141 e. The van der Waals surface area contributed by atoms with E-state index >= 15 is 0 Å². The van der Waals surface area contributed by atoms with Crippen molar-refractivity contribution in [1.82, 2.24) is 5.32 Å². The van der Waals surface area contributed by atoms with Crippen LogP contribution < -0.4 is 5.32 Å². The molecule has 0 rings (SSSR count). The van der Waals surface area contributed by atoms with Gasteiger partial charge < -0.3 is 5.32 Å². The summed E-state index contributed by atoms with van der Waals surface area (Å²) >= 11 is 0. The Bertz CT molecular complexity index is 124. The molecular formula is C12H27N. The fourth-order valence-corrected chi connectivity index (χ4v) is 2.20. The smallest absolute Gasteiger partial charge is 0.0141 e. The van der Waals surface area contributed by atoms with Crippen LogP contribution in [-0.4, -0.2) is 12.6 Å². The monoisotopic (exact) mass is 185 g/mol. The van der Waals surface area contributed by atoms with Crippen molar-refractivity contribution >= 4 is 0 Å². The second-order valence-electron chi connectivity index (χ2n) is 5.17. The molecular weight excluding hydrogens is 158 g/mol. The highest BCUT2D eigenvalue weighted by Crippen LogP contribution is 2.27. The van der Waals surface area contributed by atoms with Crippen LogP contribution in [0, 0.1) is 11.3 Å². The Balaban J connectivity index is 4.23. The van der Waals surface area contributed by atoms with Crippen LogP contribution in [0.3, 0.4) is 0 Å². The molecule has 0 amide bonds. The second kappa shape index (κ2) is 5.64. The first-order valence-corrected chi connectivity index (χ1v) is 5.66. The van der Waals surface area contributed by atoms with Crippen LogP contribution in [0.4, 0.5) is 0 Å². The molecule has 0 fully saturated rings. The summed E-state index contributed by atoms with van der Waals surface area (Å²) in [6.07, 6.45) is 2.62. The summed E-state index contributed by atoms with van der Waals surface area (Å²) in [7, 11) is 0. The molecule has 0 spiro atoms. The molecule has 0 aliphatic rings. The first kappa shape index (κ1) is 13.0. The molecule has 1 nitrogen and oxygen atoms in total. The number of hydrogen-bond acceptors (Lipinski definition) is 1. The summed E-state index contributed by atoms with van der Waals surface area (Å²) in [5.41, 5.74) is 0.380. The molecule has 0 aromatic carbocycles. The quantitative estimate of drug-likeness (QED) is 0.692. The lowest BCUT2D eigenvalue weighted by atomic mass is 9.78. The molecule has 0 aliphatic heterocycles. The standard InChI is InChI=1S/C12H27N/c1-7-9-10(3)11(13-8-2)12(4,5)6/h10-11,13H,7-9H2,1-6H3. The van der Waals surface area contributed by atoms with Gasteiger partial charge in [0.15, 0.2) is 0 Å². The Kier molecular flexibility index (Phi) is 5.62. The Morgan fingerprint density at radius 2 is 1.69 bits per heavy atom. The van der Waals surface area contributed by atoms with Gasteiger partial charge in [0.1, 0.15) is 0 Å². The van der Waals surface area contributed by atoms with E-state index in [-0.39, 0.29) is 0 Å². The molecule has 0 radical (unpaired) electrons. The minimum absolute atomic E-state index is 0.380. The lowest BCUT2D eigenvalue weighted by Crippen LogP contribution is -2.44. The van der Waals surface area contributed by atoms with Crippen LogP contribution in [-0.2, 0) is 0 Å². The van der Waals surface area contributed by atoms with Crippen LogP contribution in [0.15, 0.2) is 0 Å². The van der Waals surface area contributed by atoms with Crippen molar-refractivity contribution in [1.29, 1.82) is 0 Å². The minimum atomic E-state index is 0.380. The van der Waals surface area contributed by atoms with Gasteiger partial charge in [0, 0.05) is 6.04 Å². The molecule has 0 saturated carbocycles. The molecule has 1 heteroatoms. The van der Waals surface area contributed by atoms with Gasteiger partial charge in [-0.05, 0) is 24.3 Å². The van der Waals surface area contributed by atoms with E-state index in [2.05, 4.69) is 46.9 Å². The molecule has 0 aliphatic carbocycles. The van der Waals surface area contributed by atoms with Gasteiger partial charge in [0.2, 0.25) is 0 Å². The summed E-state index contributed by atoms with van der Waals surface area (Å²) in [4.78, 5) is 0. The third kappa shape index (κ3) is 4.66. The summed E-state index contributed by atoms with van der Waals surface area (Å²) in [6.45, 7) is 14.9. The van der Waals surface area contributed by atoms with Gasteiger partial charge in [-0.1, -0.05) is 48.0 Å². The van der Waals surface area contributed by atoms with E-state index in [1.165, 1.54) is 12.8 Å². The summed E-state index contributed by atoms with van der Waals surface area (Å²) in [5, 5.41) is 3.61. The van der Waals surface area contributed by atoms with Crippen molar-refractivity contribution < 1.29 is 0 Å². The topological polar surface area (TPSA) is 12.0 Å². The van der Waals surface area contributed by atoms with E-state index in [0.717, 1.165) is 12.5 Å². The van der Waals surface area contributed by atoms with Crippen molar-refractivity contribution in [2.24, 2.45) is 11.3 Å². The van der Waals surface area contributed by atoms with Crippen molar-refractivity contribution in [3.05, 3.63) is 0 Å². The van der Waals surface area contributed by atoms with Crippen LogP contribution in [0.25, 0.3) is 0 Å². The van der Waals surface area contributed by atoms with E-state index in [4.69, 9.17) is 0 Å². The average Bonchev–Trinajstić information content (AvgIpc) is 1.98. The fraction of sp³-hybridized carbons (Fsp3) is 1.00. The highest BCUT2D eigenvalue weighted by atomic mass is 14.9. The highest BCUT2D eigenvalue weighted by molar-refractivity contribution is 4.84. The predicted octanol–water partition coefficient (Wildman–Crippen LogP) is 3.45. The first-order valence-electron chi connectivity index (χ1n) is 5.66. The Morgan fingerprint density at radius 3 is 2.00 bits per heavy atom. The molecule has 0 aromatic rings. The average molecular weight is 185 g/mol. The van der Waals surface area contributed by atoms with E-state index in [0.29, 0.717) is 11.5 Å². The highest BCUT2D eigenvalue weighted by Gasteiger charge is 2.27. The van der Waals surface area contributed by atoms with Gasteiger partial charge in [-0.3, -0.25) is 0 Å². The molecule has 0 aromatic heterocycles. The summed E-state index contributed by atoms with van der Waals surface area (Å²) in [5.74, 6) is 0.782. The molecule has 2 atom stereocenters. The zero-order chi connectivity index (χ0) is 10.5.